The lowest BCUT2D eigenvalue weighted by Gasteiger charge is -2.11. The van der Waals surface area contributed by atoms with Crippen LogP contribution in [0, 0.1) is 6.92 Å². The van der Waals surface area contributed by atoms with Gasteiger partial charge in [0.15, 0.2) is 0 Å². The number of furan rings is 1. The molecule has 3 rings (SSSR count). The first kappa shape index (κ1) is 12.1. The summed E-state index contributed by atoms with van der Waals surface area (Å²) in [6.07, 6.45) is 1.71. The number of aryl methyl sites for hydroxylation is 1. The molecule has 0 aliphatic rings. The summed E-state index contributed by atoms with van der Waals surface area (Å²) in [7, 11) is 0. The third-order valence-electron chi connectivity index (χ3n) is 3.34. The Labute approximate surface area is 117 Å². The van der Waals surface area contributed by atoms with Gasteiger partial charge in [-0.1, -0.05) is 36.4 Å². The topological polar surface area (TPSA) is 13.1 Å². The first-order valence-electron chi connectivity index (χ1n) is 6.09. The number of halogens is 1. The molecule has 19 heavy (non-hydrogen) atoms. The Kier molecular flexibility index (Phi) is 2.92. The molecule has 0 amide bonds. The highest BCUT2D eigenvalue weighted by Gasteiger charge is 2.11. The van der Waals surface area contributed by atoms with Crippen molar-refractivity contribution in [1.82, 2.24) is 0 Å². The first-order chi connectivity index (χ1) is 9.16. The van der Waals surface area contributed by atoms with Gasteiger partial charge in [0.2, 0.25) is 0 Å². The summed E-state index contributed by atoms with van der Waals surface area (Å²) >= 11 is 5.93. The van der Waals surface area contributed by atoms with Crippen LogP contribution in [0.5, 0.6) is 0 Å². The molecule has 0 atom stereocenters. The summed E-state index contributed by atoms with van der Waals surface area (Å²) < 4.78 is 5.46. The lowest BCUT2D eigenvalue weighted by molar-refractivity contribution is 0.616. The van der Waals surface area contributed by atoms with Crippen LogP contribution in [0.4, 0.5) is 0 Å². The molecule has 1 aromatic heterocycles. The number of rotatable bonds is 2. The molecule has 0 unspecified atom stereocenters. The Morgan fingerprint density at radius 1 is 1.05 bits per heavy atom. The van der Waals surface area contributed by atoms with Crippen LogP contribution in [0.2, 0.25) is 5.02 Å². The van der Waals surface area contributed by atoms with Crippen molar-refractivity contribution in [3.05, 3.63) is 77.0 Å². The van der Waals surface area contributed by atoms with Crippen LogP contribution in [-0.4, -0.2) is 0 Å². The van der Waals surface area contributed by atoms with Crippen molar-refractivity contribution in [1.29, 1.82) is 0 Å². The van der Waals surface area contributed by atoms with Gasteiger partial charge in [-0.15, -0.1) is 0 Å². The van der Waals surface area contributed by atoms with E-state index in [-0.39, 0.29) is 0 Å². The Hall–Kier alpha value is -1.99. The molecule has 1 heterocycles. The van der Waals surface area contributed by atoms with Gasteiger partial charge >= 0.3 is 0 Å². The van der Waals surface area contributed by atoms with Gasteiger partial charge < -0.3 is 4.42 Å². The molecule has 0 fully saturated rings. The summed E-state index contributed by atoms with van der Waals surface area (Å²) in [5.74, 6) is 0. The summed E-state index contributed by atoms with van der Waals surface area (Å²) in [5.41, 5.74) is 5.26. The first-order valence-corrected chi connectivity index (χ1v) is 6.46. The van der Waals surface area contributed by atoms with E-state index in [9.17, 15) is 0 Å². The highest BCUT2D eigenvalue weighted by atomic mass is 35.5. The van der Waals surface area contributed by atoms with Gasteiger partial charge in [0.1, 0.15) is 5.58 Å². The van der Waals surface area contributed by atoms with Crippen molar-refractivity contribution in [2.75, 3.05) is 0 Å². The van der Waals surface area contributed by atoms with E-state index in [1.165, 1.54) is 5.56 Å². The standard InChI is InChI=1S/C17H13ClO/c1-11-3-8-16-15(9-10-19-16)17(11)12(2)13-4-6-14(18)7-5-13/h3-10H,2H2,1H3. The number of fused-ring (bicyclic) bond motifs is 1. The molecule has 0 saturated carbocycles. The molecule has 0 bridgehead atoms. The monoisotopic (exact) mass is 268 g/mol. The fourth-order valence-corrected chi connectivity index (χ4v) is 2.47. The Morgan fingerprint density at radius 2 is 1.79 bits per heavy atom. The molecule has 2 heteroatoms. The summed E-state index contributed by atoms with van der Waals surface area (Å²) in [6, 6.07) is 13.8. The number of hydrogen-bond acceptors (Lipinski definition) is 1. The summed E-state index contributed by atoms with van der Waals surface area (Å²) in [5, 5.41) is 1.83. The number of hydrogen-bond donors (Lipinski definition) is 0. The normalized spacial score (nSPS) is 10.8. The minimum Gasteiger partial charge on any atom is -0.464 e. The van der Waals surface area contributed by atoms with Crippen molar-refractivity contribution in [2.24, 2.45) is 0 Å². The van der Waals surface area contributed by atoms with Crippen LogP contribution in [0.15, 0.2) is 59.7 Å². The molecule has 94 valence electrons. The zero-order chi connectivity index (χ0) is 13.4. The quantitative estimate of drug-likeness (QED) is 0.602. The maximum absolute atomic E-state index is 5.93. The minimum absolute atomic E-state index is 0.731. The van der Waals surface area contributed by atoms with E-state index in [4.69, 9.17) is 16.0 Å². The van der Waals surface area contributed by atoms with Gasteiger partial charge in [-0.3, -0.25) is 0 Å². The highest BCUT2D eigenvalue weighted by molar-refractivity contribution is 6.30. The smallest absolute Gasteiger partial charge is 0.134 e. The fraction of sp³-hybridized carbons (Fsp3) is 0.0588. The van der Waals surface area contributed by atoms with Crippen LogP contribution in [0.3, 0.4) is 0 Å². The van der Waals surface area contributed by atoms with Gasteiger partial charge in [0.25, 0.3) is 0 Å². The van der Waals surface area contributed by atoms with E-state index in [1.54, 1.807) is 6.26 Å². The molecular formula is C17H13ClO. The summed E-state index contributed by atoms with van der Waals surface area (Å²) in [6.45, 7) is 6.32. The van der Waals surface area contributed by atoms with Crippen LogP contribution >= 0.6 is 11.6 Å². The predicted molar refractivity (Wildman–Crippen MR) is 80.5 cm³/mol. The second kappa shape index (κ2) is 4.60. The zero-order valence-electron chi connectivity index (χ0n) is 10.6. The average Bonchev–Trinajstić information content (AvgIpc) is 2.87. The molecule has 0 aliphatic carbocycles. The van der Waals surface area contributed by atoms with Crippen molar-refractivity contribution < 1.29 is 4.42 Å². The molecule has 0 saturated heterocycles. The van der Waals surface area contributed by atoms with Crippen LogP contribution in [0.1, 0.15) is 16.7 Å². The highest BCUT2D eigenvalue weighted by Crippen LogP contribution is 2.32. The third-order valence-corrected chi connectivity index (χ3v) is 3.59. The molecule has 2 aromatic carbocycles. The fourth-order valence-electron chi connectivity index (χ4n) is 2.35. The van der Waals surface area contributed by atoms with E-state index in [1.807, 2.05) is 36.4 Å². The molecule has 0 N–H and O–H groups in total. The SMILES string of the molecule is C=C(c1ccc(Cl)cc1)c1c(C)ccc2occc12. The van der Waals surface area contributed by atoms with Gasteiger partial charge in [-0.25, -0.2) is 0 Å². The maximum Gasteiger partial charge on any atom is 0.134 e. The van der Waals surface area contributed by atoms with Gasteiger partial charge in [-0.2, -0.15) is 0 Å². The zero-order valence-corrected chi connectivity index (χ0v) is 11.4. The lowest BCUT2D eigenvalue weighted by Crippen LogP contribution is -1.91. The van der Waals surface area contributed by atoms with Crippen molar-refractivity contribution >= 4 is 28.1 Å². The van der Waals surface area contributed by atoms with E-state index >= 15 is 0 Å². The van der Waals surface area contributed by atoms with Gasteiger partial charge in [0, 0.05) is 10.4 Å². The second-order valence-corrected chi connectivity index (χ2v) is 5.01. The Bertz CT molecular complexity index is 751. The largest absolute Gasteiger partial charge is 0.464 e. The Morgan fingerprint density at radius 3 is 2.53 bits per heavy atom. The van der Waals surface area contributed by atoms with Crippen LogP contribution in [0.25, 0.3) is 16.5 Å². The molecule has 0 radical (unpaired) electrons. The maximum atomic E-state index is 5.93. The van der Waals surface area contributed by atoms with Gasteiger partial charge in [-0.05, 0) is 53.5 Å². The van der Waals surface area contributed by atoms with Crippen molar-refractivity contribution in [3.63, 3.8) is 0 Å². The second-order valence-electron chi connectivity index (χ2n) is 4.58. The van der Waals surface area contributed by atoms with Crippen LogP contribution in [-0.2, 0) is 0 Å². The lowest BCUT2D eigenvalue weighted by atomic mass is 9.93. The predicted octanol–water partition coefficient (Wildman–Crippen LogP) is 5.46. The average molecular weight is 269 g/mol. The van der Waals surface area contributed by atoms with Gasteiger partial charge in [0.05, 0.1) is 6.26 Å². The molecular weight excluding hydrogens is 256 g/mol. The van der Waals surface area contributed by atoms with E-state index in [0.717, 1.165) is 32.7 Å². The molecule has 0 aliphatic heterocycles. The molecule has 3 aromatic rings. The minimum atomic E-state index is 0.731. The third kappa shape index (κ3) is 2.06. The van der Waals surface area contributed by atoms with E-state index in [2.05, 4.69) is 19.6 Å². The molecule has 1 nitrogen and oxygen atoms in total. The Balaban J connectivity index is 2.18. The van der Waals surface area contributed by atoms with E-state index < -0.39 is 0 Å². The van der Waals surface area contributed by atoms with Crippen LogP contribution < -0.4 is 0 Å². The summed E-state index contributed by atoms with van der Waals surface area (Å²) in [4.78, 5) is 0. The number of benzene rings is 2. The van der Waals surface area contributed by atoms with Crippen molar-refractivity contribution in [2.45, 2.75) is 6.92 Å². The van der Waals surface area contributed by atoms with E-state index in [0.29, 0.717) is 0 Å². The van der Waals surface area contributed by atoms with Crippen molar-refractivity contribution in [3.8, 4) is 0 Å². The molecule has 0 spiro atoms.